The average molecular weight is 290 g/mol. The summed E-state index contributed by atoms with van der Waals surface area (Å²) in [6, 6.07) is -1.73. The molecule has 0 aliphatic carbocycles. The van der Waals surface area contributed by atoms with Crippen LogP contribution < -0.4 is 4.52 Å². The van der Waals surface area contributed by atoms with E-state index in [1.54, 1.807) is 0 Å². The van der Waals surface area contributed by atoms with E-state index in [0.29, 0.717) is 6.42 Å². The fraction of sp³-hybridized carbons (Fsp3) is 0.571. The van der Waals surface area contributed by atoms with Crippen molar-refractivity contribution in [2.45, 2.75) is 51.9 Å². The van der Waals surface area contributed by atoms with Crippen LogP contribution in [0.1, 0.15) is 56.5 Å². The van der Waals surface area contributed by atoms with Gasteiger partial charge in [0.05, 0.1) is 5.48 Å². The predicted octanol–water partition coefficient (Wildman–Crippen LogP) is 4.06. The quantitative estimate of drug-likeness (QED) is 0.531. The number of benzene rings is 1. The van der Waals surface area contributed by atoms with Gasteiger partial charge >= 0.3 is 7.82 Å². The summed E-state index contributed by atoms with van der Waals surface area (Å²) in [4.78, 5) is 17.6. The zero-order chi connectivity index (χ0) is 17.6. The number of unbranched alkanes of at least 4 members (excludes halogenated alkanes) is 5. The highest BCUT2D eigenvalue weighted by Gasteiger charge is 2.15. The summed E-state index contributed by atoms with van der Waals surface area (Å²) in [5.41, 5.74) is 0.258. The molecule has 0 saturated heterocycles. The fourth-order valence-electron chi connectivity index (χ4n) is 1.70. The Bertz CT molecular complexity index is 560. The summed E-state index contributed by atoms with van der Waals surface area (Å²) in [7, 11) is -4.94. The number of phosphoric acid groups is 1. The van der Waals surface area contributed by atoms with Crippen LogP contribution in [0, 0.1) is 0 Å². The Hall–Kier alpha value is -0.830. The number of hydrogen-bond acceptors (Lipinski definition) is 2. The van der Waals surface area contributed by atoms with Crippen molar-refractivity contribution in [2.75, 3.05) is 0 Å². The van der Waals surface area contributed by atoms with E-state index in [0.717, 1.165) is 32.1 Å². The lowest BCUT2D eigenvalue weighted by atomic mass is 10.1. The SMILES string of the molecule is [2H]c1c([2H])c(OP(=O)(O)O)c([2H])c([2H])c1CCCCCCCC. The molecule has 1 aromatic rings. The minimum Gasteiger partial charge on any atom is -0.404 e. The molecule has 0 radical (unpaired) electrons. The van der Waals surface area contributed by atoms with Crippen LogP contribution in [0.15, 0.2) is 24.2 Å². The Morgan fingerprint density at radius 2 is 1.68 bits per heavy atom. The van der Waals surface area contributed by atoms with Gasteiger partial charge in [-0.3, -0.25) is 9.79 Å². The third-order valence-electron chi connectivity index (χ3n) is 2.64. The van der Waals surface area contributed by atoms with Gasteiger partial charge in [0.2, 0.25) is 0 Å². The van der Waals surface area contributed by atoms with E-state index in [9.17, 15) is 4.57 Å². The second-order valence-electron chi connectivity index (χ2n) is 4.41. The largest absolute Gasteiger partial charge is 0.524 e. The molecule has 1 rings (SSSR count). The summed E-state index contributed by atoms with van der Waals surface area (Å²) in [5.74, 6) is -0.708. The molecule has 0 aromatic heterocycles. The highest BCUT2D eigenvalue weighted by atomic mass is 31.2. The van der Waals surface area contributed by atoms with Gasteiger partial charge in [-0.25, -0.2) is 4.57 Å². The highest BCUT2D eigenvalue weighted by Crippen LogP contribution is 2.37. The number of hydrogen-bond donors (Lipinski definition) is 2. The standard InChI is InChI=1S/C14H23O4P/c1-2-3-4-5-6-7-8-13-9-11-14(12-10-13)18-19(15,16)17/h9-12H,2-8H2,1H3,(H2,15,16,17)/i9D,10D,11D,12D. The third-order valence-corrected chi connectivity index (χ3v) is 3.06. The Balaban J connectivity index is 2.88. The summed E-state index contributed by atoms with van der Waals surface area (Å²) >= 11 is 0. The molecular formula is C14H23O4P. The second kappa shape index (κ2) is 8.36. The summed E-state index contributed by atoms with van der Waals surface area (Å²) in [5, 5.41) is 0. The van der Waals surface area contributed by atoms with Crippen molar-refractivity contribution in [3.63, 3.8) is 0 Å². The molecule has 0 saturated carbocycles. The van der Waals surface area contributed by atoms with E-state index >= 15 is 0 Å². The van der Waals surface area contributed by atoms with E-state index in [2.05, 4.69) is 11.4 Å². The third kappa shape index (κ3) is 8.04. The molecule has 0 aliphatic heterocycles. The molecule has 5 heteroatoms. The van der Waals surface area contributed by atoms with Crippen molar-refractivity contribution in [3.05, 3.63) is 29.7 Å². The molecule has 1 aromatic carbocycles. The van der Waals surface area contributed by atoms with E-state index < -0.39 is 25.7 Å². The molecule has 0 amide bonds. The molecule has 0 bridgehead atoms. The molecule has 2 N–H and O–H groups in total. The van der Waals surface area contributed by atoms with Gasteiger partial charge in [-0.1, -0.05) is 51.1 Å². The first kappa shape index (κ1) is 10.9. The van der Waals surface area contributed by atoms with Gasteiger partial charge in [-0.2, -0.15) is 0 Å². The van der Waals surface area contributed by atoms with Gasteiger partial charge in [0, 0.05) is 0 Å². The molecule has 0 aliphatic rings. The Labute approximate surface area is 120 Å². The van der Waals surface area contributed by atoms with Crippen LogP contribution in [0.5, 0.6) is 5.75 Å². The molecule has 0 heterocycles. The first-order valence-corrected chi connectivity index (χ1v) is 8.06. The lowest BCUT2D eigenvalue weighted by Gasteiger charge is -2.07. The highest BCUT2D eigenvalue weighted by molar-refractivity contribution is 7.46. The van der Waals surface area contributed by atoms with Gasteiger partial charge in [0.15, 0.2) is 0 Å². The van der Waals surface area contributed by atoms with E-state index in [1.807, 2.05) is 0 Å². The van der Waals surface area contributed by atoms with Crippen LogP contribution in [0.3, 0.4) is 0 Å². The first-order valence-electron chi connectivity index (χ1n) is 8.53. The van der Waals surface area contributed by atoms with Crippen LogP contribution in [0.2, 0.25) is 0 Å². The average Bonchev–Trinajstić information content (AvgIpc) is 2.47. The molecule has 4 nitrogen and oxygen atoms in total. The normalized spacial score (nSPS) is 14.5. The van der Waals surface area contributed by atoms with Crippen molar-refractivity contribution in [1.82, 2.24) is 0 Å². The lowest BCUT2D eigenvalue weighted by molar-refractivity contribution is 0.283. The van der Waals surface area contributed by atoms with Gasteiger partial charge in [-0.15, -0.1) is 0 Å². The maximum absolute atomic E-state index is 10.9. The number of rotatable bonds is 9. The molecule has 0 atom stereocenters. The van der Waals surface area contributed by atoms with Gasteiger partial charge in [0.25, 0.3) is 0 Å². The van der Waals surface area contributed by atoms with Crippen molar-refractivity contribution >= 4 is 7.82 Å². The summed E-state index contributed by atoms with van der Waals surface area (Å²) in [6.07, 6.45) is 6.63. The second-order valence-corrected chi connectivity index (χ2v) is 5.57. The Kier molecular flexibility index (Phi) is 4.80. The minimum atomic E-state index is -4.94. The van der Waals surface area contributed by atoms with Crippen molar-refractivity contribution in [1.29, 1.82) is 0 Å². The maximum atomic E-state index is 10.9. The smallest absolute Gasteiger partial charge is 0.404 e. The van der Waals surface area contributed by atoms with Crippen LogP contribution >= 0.6 is 7.82 Å². The Morgan fingerprint density at radius 3 is 2.26 bits per heavy atom. The molecule has 0 fully saturated rings. The van der Waals surface area contributed by atoms with Crippen molar-refractivity contribution in [3.8, 4) is 5.75 Å². The predicted molar refractivity (Wildman–Crippen MR) is 76.2 cm³/mol. The van der Waals surface area contributed by atoms with Crippen LogP contribution in [-0.2, 0) is 11.0 Å². The monoisotopic (exact) mass is 290 g/mol. The zero-order valence-electron chi connectivity index (χ0n) is 15.1. The lowest BCUT2D eigenvalue weighted by Crippen LogP contribution is -1.91. The maximum Gasteiger partial charge on any atom is 0.524 e. The van der Waals surface area contributed by atoms with Gasteiger partial charge in [-0.05, 0) is 30.5 Å². The molecule has 0 spiro atoms. The molecule has 19 heavy (non-hydrogen) atoms. The van der Waals surface area contributed by atoms with Crippen molar-refractivity contribution < 1.29 is 24.4 Å². The van der Waals surface area contributed by atoms with Crippen LogP contribution in [0.4, 0.5) is 0 Å². The van der Waals surface area contributed by atoms with E-state index in [-0.39, 0.29) is 17.6 Å². The molecular weight excluding hydrogens is 263 g/mol. The van der Waals surface area contributed by atoms with Crippen LogP contribution in [0.25, 0.3) is 0 Å². The minimum absolute atomic E-state index is 0.258. The topological polar surface area (TPSA) is 66.8 Å². The molecule has 108 valence electrons. The van der Waals surface area contributed by atoms with Crippen molar-refractivity contribution in [2.24, 2.45) is 0 Å². The molecule has 0 unspecified atom stereocenters. The fourth-order valence-corrected chi connectivity index (χ4v) is 2.03. The number of phosphoric ester groups is 1. The van der Waals surface area contributed by atoms with Gasteiger partial charge < -0.3 is 4.52 Å². The van der Waals surface area contributed by atoms with E-state index in [1.165, 1.54) is 6.42 Å². The summed E-state index contributed by atoms with van der Waals surface area (Å²) < 4.78 is 46.5. The Morgan fingerprint density at radius 1 is 1.11 bits per heavy atom. The van der Waals surface area contributed by atoms with Crippen LogP contribution in [-0.4, -0.2) is 9.79 Å². The zero-order valence-corrected chi connectivity index (χ0v) is 12.0. The van der Waals surface area contributed by atoms with Gasteiger partial charge in [0.1, 0.15) is 5.75 Å². The van der Waals surface area contributed by atoms with E-state index in [4.69, 9.17) is 15.3 Å². The summed E-state index contributed by atoms with van der Waals surface area (Å²) in [6.45, 7) is 2.13. The first-order chi connectivity index (χ1) is 10.7.